The molecular weight excluding hydrogens is 378 g/mol. The summed E-state index contributed by atoms with van der Waals surface area (Å²) in [4.78, 5) is 32.0. The number of carbonyl (C=O) groups is 1. The molecule has 4 rings (SSSR count). The Morgan fingerprint density at radius 2 is 1.82 bits per heavy atom. The van der Waals surface area contributed by atoms with Gasteiger partial charge in [0.15, 0.2) is 0 Å². The quantitative estimate of drug-likeness (QED) is 0.737. The van der Waals surface area contributed by atoms with Gasteiger partial charge in [-0.2, -0.15) is 0 Å². The zero-order chi connectivity index (χ0) is 19.7. The predicted molar refractivity (Wildman–Crippen MR) is 111 cm³/mol. The Morgan fingerprint density at radius 3 is 2.54 bits per heavy atom. The monoisotopic (exact) mass is 397 g/mol. The minimum absolute atomic E-state index is 0.161. The van der Waals surface area contributed by atoms with Crippen LogP contribution in [0.2, 0.25) is 5.02 Å². The van der Waals surface area contributed by atoms with E-state index in [2.05, 4.69) is 9.88 Å². The van der Waals surface area contributed by atoms with Gasteiger partial charge in [-0.25, -0.2) is 0 Å². The number of hydrogen-bond acceptors (Lipinski definition) is 4. The molecule has 1 amide bonds. The molecule has 6 nitrogen and oxygen atoms in total. The number of nitrogens with zero attached hydrogens (tertiary/aromatic N) is 2. The molecule has 1 N–H and O–H groups in total. The topological polar surface area (TPSA) is 65.6 Å². The summed E-state index contributed by atoms with van der Waals surface area (Å²) in [5.41, 5.74) is 1.70. The lowest BCUT2D eigenvalue weighted by molar-refractivity contribution is 0.0748. The third kappa shape index (κ3) is 3.43. The van der Waals surface area contributed by atoms with E-state index in [9.17, 15) is 9.59 Å². The largest absolute Gasteiger partial charge is 0.496 e. The number of pyridine rings is 1. The minimum atomic E-state index is -0.304. The summed E-state index contributed by atoms with van der Waals surface area (Å²) in [5.74, 6) is 0.404. The van der Waals surface area contributed by atoms with Gasteiger partial charge in [-0.05, 0) is 30.3 Å². The van der Waals surface area contributed by atoms with E-state index in [1.54, 1.807) is 30.2 Å². The molecule has 0 spiro atoms. The van der Waals surface area contributed by atoms with Crippen LogP contribution in [0, 0.1) is 0 Å². The number of hydrogen-bond donors (Lipinski definition) is 1. The molecule has 0 unspecified atom stereocenters. The fourth-order valence-electron chi connectivity index (χ4n) is 3.63. The molecule has 0 radical (unpaired) electrons. The molecule has 1 saturated heterocycles. The van der Waals surface area contributed by atoms with Gasteiger partial charge in [-0.3, -0.25) is 9.59 Å². The van der Waals surface area contributed by atoms with Crippen LogP contribution >= 0.6 is 11.6 Å². The summed E-state index contributed by atoms with van der Waals surface area (Å²) in [6.07, 6.45) is 0. The van der Waals surface area contributed by atoms with E-state index in [1.165, 1.54) is 6.07 Å². The number of anilines is 1. The number of ether oxygens (including phenoxy) is 1. The Kier molecular flexibility index (Phi) is 4.96. The summed E-state index contributed by atoms with van der Waals surface area (Å²) in [6, 6.07) is 14.4. The number of methoxy groups -OCH3 is 1. The summed E-state index contributed by atoms with van der Waals surface area (Å²) in [5, 5.41) is 1.32. The molecular formula is C21H20ClN3O3. The smallest absolute Gasteiger partial charge is 0.255 e. The van der Waals surface area contributed by atoms with Gasteiger partial charge in [0, 0.05) is 43.0 Å². The van der Waals surface area contributed by atoms with E-state index in [0.717, 1.165) is 5.69 Å². The van der Waals surface area contributed by atoms with E-state index in [1.807, 2.05) is 24.3 Å². The Bertz CT molecular complexity index is 1090. The first-order valence-electron chi connectivity index (χ1n) is 9.06. The molecule has 0 saturated carbocycles. The van der Waals surface area contributed by atoms with E-state index >= 15 is 0 Å². The maximum atomic E-state index is 13.2. The number of halogens is 1. The number of amides is 1. The third-order valence-electron chi connectivity index (χ3n) is 5.02. The molecule has 1 aromatic heterocycles. The summed E-state index contributed by atoms with van der Waals surface area (Å²) >= 11 is 6.09. The molecule has 2 heterocycles. The Hall–Kier alpha value is -2.99. The standard InChI is InChI=1S/C21H20ClN3O3/c1-28-18-7-3-6-17-20(18)16(13-19(26)23-17)21(27)25-10-8-24(9-11-25)15-5-2-4-14(22)12-15/h2-7,12-13H,8-11H2,1H3,(H,23,26). The van der Waals surface area contributed by atoms with Crippen LogP contribution in [0.15, 0.2) is 53.3 Å². The van der Waals surface area contributed by atoms with Gasteiger partial charge < -0.3 is 19.5 Å². The van der Waals surface area contributed by atoms with E-state index < -0.39 is 0 Å². The van der Waals surface area contributed by atoms with Crippen molar-refractivity contribution in [1.82, 2.24) is 9.88 Å². The van der Waals surface area contributed by atoms with Crippen LogP contribution in [0.4, 0.5) is 5.69 Å². The lowest BCUT2D eigenvalue weighted by Crippen LogP contribution is -2.49. The van der Waals surface area contributed by atoms with Crippen LogP contribution in [-0.2, 0) is 0 Å². The second-order valence-corrected chi connectivity index (χ2v) is 7.13. The molecule has 1 aliphatic rings. The number of carbonyl (C=O) groups excluding carboxylic acids is 1. The second kappa shape index (κ2) is 7.56. The lowest BCUT2D eigenvalue weighted by Gasteiger charge is -2.36. The summed E-state index contributed by atoms with van der Waals surface area (Å²) < 4.78 is 5.42. The van der Waals surface area contributed by atoms with Crippen LogP contribution in [0.25, 0.3) is 10.9 Å². The molecule has 28 heavy (non-hydrogen) atoms. The first kappa shape index (κ1) is 18.4. The fraction of sp³-hybridized carbons (Fsp3) is 0.238. The first-order valence-corrected chi connectivity index (χ1v) is 9.44. The van der Waals surface area contributed by atoms with Gasteiger partial charge in [-0.15, -0.1) is 0 Å². The van der Waals surface area contributed by atoms with Gasteiger partial charge in [0.1, 0.15) is 5.75 Å². The zero-order valence-electron chi connectivity index (χ0n) is 15.4. The van der Waals surface area contributed by atoms with Crippen molar-refractivity contribution in [3.05, 3.63) is 69.5 Å². The number of benzene rings is 2. The van der Waals surface area contributed by atoms with Crippen LogP contribution in [0.5, 0.6) is 5.75 Å². The van der Waals surface area contributed by atoms with Gasteiger partial charge >= 0.3 is 0 Å². The average Bonchev–Trinajstić information content (AvgIpc) is 2.72. The van der Waals surface area contributed by atoms with Crippen molar-refractivity contribution < 1.29 is 9.53 Å². The fourth-order valence-corrected chi connectivity index (χ4v) is 3.82. The van der Waals surface area contributed by atoms with Gasteiger partial charge in [0.2, 0.25) is 5.56 Å². The SMILES string of the molecule is COc1cccc2[nH]c(=O)cc(C(=O)N3CCN(c4cccc(Cl)c4)CC3)c12. The van der Waals surface area contributed by atoms with E-state index in [4.69, 9.17) is 16.3 Å². The Labute approximate surface area is 167 Å². The lowest BCUT2D eigenvalue weighted by atomic mass is 10.1. The predicted octanol–water partition coefficient (Wildman–Crippen LogP) is 3.15. The number of rotatable bonds is 3. The number of aromatic nitrogens is 1. The first-order chi connectivity index (χ1) is 13.6. The Balaban J connectivity index is 1.60. The Morgan fingerprint density at radius 1 is 1.07 bits per heavy atom. The molecule has 1 fully saturated rings. The van der Waals surface area contributed by atoms with Crippen LogP contribution in [-0.4, -0.2) is 49.1 Å². The highest BCUT2D eigenvalue weighted by Gasteiger charge is 2.25. The molecule has 2 aromatic carbocycles. The normalized spacial score (nSPS) is 14.4. The number of aromatic amines is 1. The van der Waals surface area contributed by atoms with Crippen molar-refractivity contribution in [2.75, 3.05) is 38.2 Å². The second-order valence-electron chi connectivity index (χ2n) is 6.69. The maximum Gasteiger partial charge on any atom is 0.255 e. The van der Waals surface area contributed by atoms with Crippen molar-refractivity contribution in [3.8, 4) is 5.75 Å². The van der Waals surface area contributed by atoms with E-state index in [-0.39, 0.29) is 11.5 Å². The molecule has 1 aliphatic heterocycles. The van der Waals surface area contributed by atoms with Crippen molar-refractivity contribution in [2.24, 2.45) is 0 Å². The average molecular weight is 398 g/mol. The van der Waals surface area contributed by atoms with Crippen LogP contribution in [0.3, 0.4) is 0 Å². The zero-order valence-corrected chi connectivity index (χ0v) is 16.2. The highest BCUT2D eigenvalue weighted by atomic mass is 35.5. The molecule has 0 atom stereocenters. The molecule has 7 heteroatoms. The highest BCUT2D eigenvalue weighted by molar-refractivity contribution is 6.30. The van der Waals surface area contributed by atoms with Crippen LogP contribution < -0.4 is 15.2 Å². The van der Waals surface area contributed by atoms with Crippen molar-refractivity contribution in [3.63, 3.8) is 0 Å². The minimum Gasteiger partial charge on any atom is -0.496 e. The highest BCUT2D eigenvalue weighted by Crippen LogP contribution is 2.28. The van der Waals surface area contributed by atoms with Crippen molar-refractivity contribution in [2.45, 2.75) is 0 Å². The van der Waals surface area contributed by atoms with Crippen molar-refractivity contribution in [1.29, 1.82) is 0 Å². The number of nitrogens with one attached hydrogen (secondary N) is 1. The maximum absolute atomic E-state index is 13.2. The molecule has 0 aliphatic carbocycles. The van der Waals surface area contributed by atoms with Gasteiger partial charge in [0.05, 0.1) is 23.6 Å². The van der Waals surface area contributed by atoms with Gasteiger partial charge in [-0.1, -0.05) is 23.7 Å². The molecule has 144 valence electrons. The van der Waals surface area contributed by atoms with Crippen molar-refractivity contribution >= 4 is 34.1 Å². The number of piperazine rings is 1. The third-order valence-corrected chi connectivity index (χ3v) is 5.25. The number of H-pyrrole nitrogens is 1. The van der Waals surface area contributed by atoms with Gasteiger partial charge in [0.25, 0.3) is 5.91 Å². The van der Waals surface area contributed by atoms with Crippen LogP contribution in [0.1, 0.15) is 10.4 Å². The summed E-state index contributed by atoms with van der Waals surface area (Å²) in [6.45, 7) is 2.53. The molecule has 3 aromatic rings. The number of fused-ring (bicyclic) bond motifs is 1. The molecule has 0 bridgehead atoms. The van der Waals surface area contributed by atoms with E-state index in [0.29, 0.717) is 53.4 Å². The summed E-state index contributed by atoms with van der Waals surface area (Å²) in [7, 11) is 1.55.